The van der Waals surface area contributed by atoms with Crippen LogP contribution in [0.5, 0.6) is 0 Å². The Balaban J connectivity index is 1.44. The van der Waals surface area contributed by atoms with Gasteiger partial charge in [0.05, 0.1) is 28.8 Å². The zero-order valence-corrected chi connectivity index (χ0v) is 16.1. The van der Waals surface area contributed by atoms with E-state index >= 15 is 0 Å². The van der Waals surface area contributed by atoms with Crippen LogP contribution in [0.15, 0.2) is 60.9 Å². The summed E-state index contributed by atoms with van der Waals surface area (Å²) in [5.41, 5.74) is 3.56. The van der Waals surface area contributed by atoms with Crippen LogP contribution in [0.2, 0.25) is 0 Å². The van der Waals surface area contributed by atoms with Gasteiger partial charge in [0.15, 0.2) is 5.82 Å². The molecule has 1 atom stereocenters. The number of anilines is 3. The third-order valence-corrected chi connectivity index (χ3v) is 4.51. The van der Waals surface area contributed by atoms with E-state index in [9.17, 15) is 4.79 Å². The molecule has 4 rings (SSSR count). The number of nitrogens with zero attached hydrogens (tertiary/aromatic N) is 3. The first kappa shape index (κ1) is 18.4. The summed E-state index contributed by atoms with van der Waals surface area (Å²) >= 11 is 0. The fourth-order valence-corrected chi connectivity index (χ4v) is 2.93. The molecule has 0 bridgehead atoms. The molecule has 4 aromatic rings. The maximum absolute atomic E-state index is 12.3. The molecule has 0 saturated carbocycles. The summed E-state index contributed by atoms with van der Waals surface area (Å²) in [7, 11) is 0. The zero-order valence-electron chi connectivity index (χ0n) is 16.1. The van der Waals surface area contributed by atoms with Crippen molar-refractivity contribution in [2.45, 2.75) is 19.9 Å². The standard InChI is InChI=1S/C21H21N7O/c1-13-8-9-16(11-22-13)25-20-17-12-23-19(10-18(17)27-28-20)26-21(29)24-14(2)15-6-4-3-5-7-15/h3-12,14H,1-2H3,(H2,25,27,28)(H2,23,24,26,29)/t14-/m1/s1. The van der Waals surface area contributed by atoms with E-state index in [1.807, 2.05) is 56.3 Å². The monoisotopic (exact) mass is 387 g/mol. The molecule has 0 saturated heterocycles. The molecule has 3 aromatic heterocycles. The lowest BCUT2D eigenvalue weighted by molar-refractivity contribution is 0.249. The summed E-state index contributed by atoms with van der Waals surface area (Å²) < 4.78 is 0. The highest BCUT2D eigenvalue weighted by Crippen LogP contribution is 2.24. The highest BCUT2D eigenvalue weighted by atomic mass is 16.2. The summed E-state index contributed by atoms with van der Waals surface area (Å²) in [5, 5.41) is 16.9. The first-order valence-corrected chi connectivity index (χ1v) is 9.25. The maximum Gasteiger partial charge on any atom is 0.320 e. The predicted molar refractivity (Wildman–Crippen MR) is 113 cm³/mol. The topological polar surface area (TPSA) is 108 Å². The zero-order chi connectivity index (χ0) is 20.2. The fraction of sp³-hybridized carbons (Fsp3) is 0.143. The van der Waals surface area contributed by atoms with Crippen LogP contribution in [-0.4, -0.2) is 26.2 Å². The van der Waals surface area contributed by atoms with E-state index in [1.165, 1.54) is 0 Å². The Morgan fingerprint density at radius 3 is 2.66 bits per heavy atom. The van der Waals surface area contributed by atoms with Gasteiger partial charge in [-0.1, -0.05) is 30.3 Å². The number of H-pyrrole nitrogens is 1. The number of carbonyl (C=O) groups is 1. The molecular formula is C21H21N7O. The van der Waals surface area contributed by atoms with E-state index in [0.717, 1.165) is 27.8 Å². The molecule has 0 unspecified atom stereocenters. The highest BCUT2D eigenvalue weighted by molar-refractivity contribution is 5.95. The van der Waals surface area contributed by atoms with Crippen molar-refractivity contribution in [3.63, 3.8) is 0 Å². The molecule has 8 heteroatoms. The van der Waals surface area contributed by atoms with E-state index in [1.54, 1.807) is 18.5 Å². The average Bonchev–Trinajstić information content (AvgIpc) is 3.12. The number of fused-ring (bicyclic) bond motifs is 1. The van der Waals surface area contributed by atoms with Crippen molar-refractivity contribution in [3.8, 4) is 0 Å². The quantitative estimate of drug-likeness (QED) is 0.409. The van der Waals surface area contributed by atoms with Crippen LogP contribution in [0.4, 0.5) is 22.1 Å². The Bertz CT molecular complexity index is 1120. The van der Waals surface area contributed by atoms with E-state index in [0.29, 0.717) is 11.6 Å². The Labute approximate surface area is 167 Å². The summed E-state index contributed by atoms with van der Waals surface area (Å²) in [6.45, 7) is 3.86. The minimum Gasteiger partial charge on any atom is -0.337 e. The maximum atomic E-state index is 12.3. The van der Waals surface area contributed by atoms with Gasteiger partial charge in [-0.2, -0.15) is 5.10 Å². The van der Waals surface area contributed by atoms with Crippen LogP contribution < -0.4 is 16.0 Å². The van der Waals surface area contributed by atoms with E-state index in [4.69, 9.17) is 0 Å². The second-order valence-corrected chi connectivity index (χ2v) is 6.73. The molecule has 0 radical (unpaired) electrons. The number of urea groups is 1. The normalized spacial score (nSPS) is 11.8. The lowest BCUT2D eigenvalue weighted by Gasteiger charge is -2.14. The molecule has 8 nitrogen and oxygen atoms in total. The Morgan fingerprint density at radius 1 is 1.07 bits per heavy atom. The first-order chi connectivity index (χ1) is 14.1. The van der Waals surface area contributed by atoms with Gasteiger partial charge in [0.25, 0.3) is 0 Å². The number of hydrogen-bond donors (Lipinski definition) is 4. The number of nitrogens with one attached hydrogen (secondary N) is 4. The van der Waals surface area contributed by atoms with Crippen LogP contribution in [0.25, 0.3) is 10.9 Å². The van der Waals surface area contributed by atoms with Gasteiger partial charge >= 0.3 is 6.03 Å². The Morgan fingerprint density at radius 2 is 1.90 bits per heavy atom. The number of pyridine rings is 2. The van der Waals surface area contributed by atoms with Gasteiger partial charge in [0, 0.05) is 18.0 Å². The largest absolute Gasteiger partial charge is 0.337 e. The first-order valence-electron chi connectivity index (χ1n) is 9.25. The second kappa shape index (κ2) is 7.97. The third-order valence-electron chi connectivity index (χ3n) is 4.51. The van der Waals surface area contributed by atoms with Crippen LogP contribution in [0, 0.1) is 6.92 Å². The highest BCUT2D eigenvalue weighted by Gasteiger charge is 2.12. The van der Waals surface area contributed by atoms with Gasteiger partial charge in [0.1, 0.15) is 5.82 Å². The van der Waals surface area contributed by atoms with Crippen molar-refractivity contribution in [1.82, 2.24) is 25.5 Å². The molecule has 29 heavy (non-hydrogen) atoms. The van der Waals surface area contributed by atoms with Crippen LogP contribution in [0.1, 0.15) is 24.2 Å². The molecular weight excluding hydrogens is 366 g/mol. The molecule has 4 N–H and O–H groups in total. The molecule has 1 aromatic carbocycles. The SMILES string of the molecule is Cc1ccc(Nc2n[nH]c3cc(NC(=O)N[C@H](C)c4ccccc4)ncc23)cn1. The molecule has 146 valence electrons. The predicted octanol–water partition coefficient (Wildman–Crippen LogP) is 4.29. The van der Waals surface area contributed by atoms with Crippen molar-refractivity contribution in [3.05, 3.63) is 72.2 Å². The lowest BCUT2D eigenvalue weighted by Crippen LogP contribution is -2.31. The number of hydrogen-bond acceptors (Lipinski definition) is 5. The molecule has 3 heterocycles. The van der Waals surface area contributed by atoms with Gasteiger partial charge in [-0.3, -0.25) is 15.4 Å². The summed E-state index contributed by atoms with van der Waals surface area (Å²) in [4.78, 5) is 20.9. The number of aryl methyl sites for hydroxylation is 1. The van der Waals surface area contributed by atoms with Gasteiger partial charge < -0.3 is 10.6 Å². The Hall–Kier alpha value is -3.94. The number of rotatable bonds is 5. The van der Waals surface area contributed by atoms with E-state index in [2.05, 4.69) is 36.1 Å². The summed E-state index contributed by atoms with van der Waals surface area (Å²) in [6.07, 6.45) is 3.41. The number of benzene rings is 1. The van der Waals surface area contributed by atoms with E-state index in [-0.39, 0.29) is 12.1 Å². The van der Waals surface area contributed by atoms with Gasteiger partial charge in [-0.05, 0) is 31.5 Å². The summed E-state index contributed by atoms with van der Waals surface area (Å²) in [6, 6.07) is 14.9. The molecule has 0 aliphatic rings. The molecule has 0 aliphatic carbocycles. The Kier molecular flexibility index (Phi) is 5.07. The second-order valence-electron chi connectivity index (χ2n) is 6.73. The van der Waals surface area contributed by atoms with Crippen LogP contribution >= 0.6 is 0 Å². The molecule has 2 amide bonds. The molecule has 0 spiro atoms. The summed E-state index contributed by atoms with van der Waals surface area (Å²) in [5.74, 6) is 1.08. The van der Waals surface area contributed by atoms with Crippen LogP contribution in [-0.2, 0) is 0 Å². The minimum absolute atomic E-state index is 0.119. The number of amides is 2. The number of carbonyl (C=O) groups excluding carboxylic acids is 1. The molecule has 0 fully saturated rings. The van der Waals surface area contributed by atoms with Crippen molar-refractivity contribution < 1.29 is 4.79 Å². The third kappa shape index (κ3) is 4.32. The fourth-order valence-electron chi connectivity index (χ4n) is 2.93. The smallest absolute Gasteiger partial charge is 0.320 e. The van der Waals surface area contributed by atoms with Gasteiger partial charge in [0.2, 0.25) is 0 Å². The van der Waals surface area contributed by atoms with Crippen molar-refractivity contribution in [2.75, 3.05) is 10.6 Å². The van der Waals surface area contributed by atoms with Crippen LogP contribution in [0.3, 0.4) is 0 Å². The van der Waals surface area contributed by atoms with Crippen molar-refractivity contribution in [1.29, 1.82) is 0 Å². The number of aromatic amines is 1. The lowest BCUT2D eigenvalue weighted by atomic mass is 10.1. The van der Waals surface area contributed by atoms with Gasteiger partial charge in [-0.15, -0.1) is 0 Å². The van der Waals surface area contributed by atoms with E-state index < -0.39 is 0 Å². The number of aromatic nitrogens is 4. The van der Waals surface area contributed by atoms with Crippen molar-refractivity contribution in [2.24, 2.45) is 0 Å². The van der Waals surface area contributed by atoms with Gasteiger partial charge in [-0.25, -0.2) is 9.78 Å². The van der Waals surface area contributed by atoms with Crippen molar-refractivity contribution >= 4 is 34.3 Å². The molecule has 0 aliphatic heterocycles. The minimum atomic E-state index is -0.322. The average molecular weight is 387 g/mol.